The zero-order chi connectivity index (χ0) is 12.4. The molecular weight excluding hydrogens is 221 g/mol. The molecule has 1 aromatic heterocycles. The van der Waals surface area contributed by atoms with E-state index in [0.29, 0.717) is 22.8 Å². The van der Waals surface area contributed by atoms with E-state index >= 15 is 0 Å². The van der Waals surface area contributed by atoms with Gasteiger partial charge in [-0.1, -0.05) is 0 Å². The summed E-state index contributed by atoms with van der Waals surface area (Å²) in [4.78, 5) is 0. The van der Waals surface area contributed by atoms with E-state index in [1.165, 1.54) is 13.2 Å². The van der Waals surface area contributed by atoms with Crippen LogP contribution in [-0.4, -0.2) is 7.11 Å². The van der Waals surface area contributed by atoms with Crippen molar-refractivity contribution < 1.29 is 13.5 Å². The van der Waals surface area contributed by atoms with Crippen LogP contribution in [0.25, 0.3) is 11.3 Å². The Morgan fingerprint density at radius 3 is 2.59 bits per heavy atom. The zero-order valence-electron chi connectivity index (χ0n) is 9.74. The molecule has 4 heteroatoms. The molecule has 2 N–H and O–H groups in total. The second-order valence-electron chi connectivity index (χ2n) is 3.84. The van der Waals surface area contributed by atoms with E-state index in [1.54, 1.807) is 24.3 Å². The maximum absolute atomic E-state index is 13.8. The fourth-order valence-electron chi connectivity index (χ4n) is 1.56. The molecule has 0 saturated carbocycles. The van der Waals surface area contributed by atoms with Crippen LogP contribution in [0.3, 0.4) is 0 Å². The van der Waals surface area contributed by atoms with Gasteiger partial charge in [0, 0.05) is 6.07 Å². The van der Waals surface area contributed by atoms with Crippen LogP contribution >= 0.6 is 0 Å². The Morgan fingerprint density at radius 2 is 2.06 bits per heavy atom. The highest BCUT2D eigenvalue weighted by atomic mass is 19.1. The summed E-state index contributed by atoms with van der Waals surface area (Å²) < 4.78 is 24.2. The number of furan rings is 1. The molecule has 0 aliphatic carbocycles. The minimum atomic E-state index is -0.380. The number of halogens is 1. The largest absolute Gasteiger partial charge is 0.497 e. The summed E-state index contributed by atoms with van der Waals surface area (Å²) in [6.45, 7) is 1.81. The first-order chi connectivity index (χ1) is 8.11. The summed E-state index contributed by atoms with van der Waals surface area (Å²) in [5, 5.41) is 0. The average molecular weight is 235 g/mol. The van der Waals surface area contributed by atoms with Gasteiger partial charge in [0.15, 0.2) is 0 Å². The Bertz CT molecular complexity index is 520. The summed E-state index contributed by atoms with van der Waals surface area (Å²) in [6, 6.07) is 7.89. The molecule has 0 amide bonds. The van der Waals surface area contributed by atoms with E-state index in [9.17, 15) is 4.39 Å². The summed E-state index contributed by atoms with van der Waals surface area (Å²) >= 11 is 0. The molecule has 3 nitrogen and oxygen atoms in total. The van der Waals surface area contributed by atoms with Crippen LogP contribution in [-0.2, 0) is 0 Å². The molecule has 90 valence electrons. The highest BCUT2D eigenvalue weighted by molar-refractivity contribution is 5.59. The lowest BCUT2D eigenvalue weighted by Crippen LogP contribution is -2.02. The van der Waals surface area contributed by atoms with E-state index < -0.39 is 0 Å². The number of hydrogen-bond acceptors (Lipinski definition) is 3. The van der Waals surface area contributed by atoms with Crippen molar-refractivity contribution in [3.63, 3.8) is 0 Å². The molecular formula is C13H14FNO2. The Hall–Kier alpha value is -1.81. The highest BCUT2D eigenvalue weighted by Crippen LogP contribution is 2.28. The van der Waals surface area contributed by atoms with E-state index in [4.69, 9.17) is 14.9 Å². The number of benzene rings is 1. The average Bonchev–Trinajstić information content (AvgIpc) is 2.78. The molecule has 0 aliphatic heterocycles. The number of ether oxygens (including phenoxy) is 1. The minimum Gasteiger partial charge on any atom is -0.497 e. The zero-order valence-corrected chi connectivity index (χ0v) is 9.74. The van der Waals surface area contributed by atoms with Crippen molar-refractivity contribution in [2.75, 3.05) is 7.11 Å². The third-order valence-corrected chi connectivity index (χ3v) is 2.52. The predicted molar refractivity (Wildman–Crippen MR) is 63.3 cm³/mol. The van der Waals surface area contributed by atoms with Crippen LogP contribution in [0.5, 0.6) is 5.75 Å². The molecule has 0 saturated heterocycles. The second kappa shape index (κ2) is 4.59. The molecule has 0 fully saturated rings. The van der Waals surface area contributed by atoms with Gasteiger partial charge in [-0.05, 0) is 31.2 Å². The minimum absolute atomic E-state index is 0.204. The van der Waals surface area contributed by atoms with Gasteiger partial charge in [0.25, 0.3) is 0 Å². The predicted octanol–water partition coefficient (Wildman–Crippen LogP) is 3.11. The number of methoxy groups -OCH3 is 1. The van der Waals surface area contributed by atoms with Gasteiger partial charge in [0.1, 0.15) is 23.1 Å². The molecule has 0 radical (unpaired) electrons. The number of hydrogen-bond donors (Lipinski definition) is 1. The molecule has 17 heavy (non-hydrogen) atoms. The molecule has 0 bridgehead atoms. The highest BCUT2D eigenvalue weighted by Gasteiger charge is 2.12. The third-order valence-electron chi connectivity index (χ3n) is 2.52. The van der Waals surface area contributed by atoms with E-state index in [-0.39, 0.29) is 11.9 Å². The topological polar surface area (TPSA) is 48.4 Å². The first kappa shape index (κ1) is 11.7. The van der Waals surface area contributed by atoms with Gasteiger partial charge >= 0.3 is 0 Å². The molecule has 1 atom stereocenters. The third kappa shape index (κ3) is 2.31. The van der Waals surface area contributed by atoms with Gasteiger partial charge in [-0.15, -0.1) is 0 Å². The van der Waals surface area contributed by atoms with Crippen molar-refractivity contribution in [2.24, 2.45) is 5.73 Å². The van der Waals surface area contributed by atoms with Gasteiger partial charge < -0.3 is 14.9 Å². The molecule has 1 aromatic carbocycles. The van der Waals surface area contributed by atoms with E-state index in [0.717, 1.165) is 0 Å². The summed E-state index contributed by atoms with van der Waals surface area (Å²) in [7, 11) is 1.50. The van der Waals surface area contributed by atoms with Crippen molar-refractivity contribution in [1.82, 2.24) is 0 Å². The van der Waals surface area contributed by atoms with Crippen LogP contribution < -0.4 is 10.5 Å². The molecule has 1 unspecified atom stereocenters. The van der Waals surface area contributed by atoms with Crippen LogP contribution in [0.15, 0.2) is 34.7 Å². The van der Waals surface area contributed by atoms with Crippen LogP contribution in [0.4, 0.5) is 4.39 Å². The Balaban J connectivity index is 2.38. The molecule has 1 heterocycles. The quantitative estimate of drug-likeness (QED) is 0.889. The van der Waals surface area contributed by atoms with Gasteiger partial charge in [0.05, 0.1) is 18.7 Å². The van der Waals surface area contributed by atoms with E-state index in [1.807, 2.05) is 6.92 Å². The number of rotatable bonds is 3. The fourth-order valence-corrected chi connectivity index (χ4v) is 1.56. The molecule has 0 aliphatic rings. The monoisotopic (exact) mass is 235 g/mol. The first-order valence-electron chi connectivity index (χ1n) is 5.31. The molecule has 2 aromatic rings. The summed E-state index contributed by atoms with van der Waals surface area (Å²) in [5.74, 6) is 1.20. The smallest absolute Gasteiger partial charge is 0.137 e. The standard InChI is InChI=1S/C13H14FNO2/c1-8(15)12-5-6-13(17-12)10-4-3-9(16-2)7-11(10)14/h3-8H,15H2,1-2H3. The lowest BCUT2D eigenvalue weighted by Gasteiger charge is -2.04. The number of nitrogens with two attached hydrogens (primary N) is 1. The summed E-state index contributed by atoms with van der Waals surface area (Å²) in [5.41, 5.74) is 6.08. The maximum Gasteiger partial charge on any atom is 0.137 e. The molecule has 2 rings (SSSR count). The Morgan fingerprint density at radius 1 is 1.29 bits per heavy atom. The fraction of sp³-hybridized carbons (Fsp3) is 0.231. The van der Waals surface area contributed by atoms with E-state index in [2.05, 4.69) is 0 Å². The van der Waals surface area contributed by atoms with Crippen LogP contribution in [0.2, 0.25) is 0 Å². The Kier molecular flexibility index (Phi) is 3.15. The Labute approximate surface area is 99.0 Å². The normalized spacial score (nSPS) is 12.5. The van der Waals surface area contributed by atoms with Crippen molar-refractivity contribution >= 4 is 0 Å². The lowest BCUT2D eigenvalue weighted by atomic mass is 10.1. The summed E-state index contributed by atoms with van der Waals surface area (Å²) in [6.07, 6.45) is 0. The van der Waals surface area contributed by atoms with Crippen LogP contribution in [0.1, 0.15) is 18.7 Å². The van der Waals surface area contributed by atoms with Crippen molar-refractivity contribution in [2.45, 2.75) is 13.0 Å². The van der Waals surface area contributed by atoms with Crippen molar-refractivity contribution in [3.05, 3.63) is 41.9 Å². The maximum atomic E-state index is 13.8. The van der Waals surface area contributed by atoms with Crippen molar-refractivity contribution in [1.29, 1.82) is 0 Å². The van der Waals surface area contributed by atoms with Gasteiger partial charge in [0.2, 0.25) is 0 Å². The lowest BCUT2D eigenvalue weighted by molar-refractivity contribution is 0.411. The SMILES string of the molecule is COc1ccc(-c2ccc(C(C)N)o2)c(F)c1. The van der Waals surface area contributed by atoms with Crippen LogP contribution in [0, 0.1) is 5.82 Å². The van der Waals surface area contributed by atoms with Crippen molar-refractivity contribution in [3.8, 4) is 17.1 Å². The van der Waals surface area contributed by atoms with Gasteiger partial charge in [-0.25, -0.2) is 4.39 Å². The van der Waals surface area contributed by atoms with Gasteiger partial charge in [-0.2, -0.15) is 0 Å². The van der Waals surface area contributed by atoms with Gasteiger partial charge in [-0.3, -0.25) is 0 Å². The second-order valence-corrected chi connectivity index (χ2v) is 3.84. The first-order valence-corrected chi connectivity index (χ1v) is 5.31. The molecule has 0 spiro atoms.